The first-order valence-electron chi connectivity index (χ1n) is 2.74. The van der Waals surface area contributed by atoms with E-state index in [0.717, 1.165) is 11.9 Å². The van der Waals surface area contributed by atoms with E-state index in [0.29, 0.717) is 6.61 Å². The predicted octanol–water partition coefficient (Wildman–Crippen LogP) is 1.10. The molecule has 1 nitrogen and oxygen atoms in total. The Morgan fingerprint density at radius 2 is 2.38 bits per heavy atom. The largest absolute Gasteiger partial charge is 0.381 e. The molecular formula is C6H11BO. The van der Waals surface area contributed by atoms with E-state index in [1.807, 2.05) is 13.0 Å². The van der Waals surface area contributed by atoms with Crippen LogP contribution in [0.5, 0.6) is 0 Å². The van der Waals surface area contributed by atoms with Gasteiger partial charge < -0.3 is 4.74 Å². The first-order valence-corrected chi connectivity index (χ1v) is 2.74. The topological polar surface area (TPSA) is 9.23 Å². The minimum Gasteiger partial charge on any atom is -0.381 e. The Labute approximate surface area is 52.1 Å². The van der Waals surface area contributed by atoms with Crippen LogP contribution in [0.3, 0.4) is 0 Å². The molecular weight excluding hydrogens is 98.9 g/mol. The van der Waals surface area contributed by atoms with Crippen LogP contribution in [0.15, 0.2) is 11.5 Å². The van der Waals surface area contributed by atoms with Crippen LogP contribution in [0.4, 0.5) is 0 Å². The average molecular weight is 110 g/mol. The van der Waals surface area contributed by atoms with Crippen molar-refractivity contribution in [2.45, 2.75) is 13.3 Å². The van der Waals surface area contributed by atoms with Crippen molar-refractivity contribution in [3.05, 3.63) is 11.5 Å². The molecule has 0 aliphatic heterocycles. The molecule has 0 atom stereocenters. The van der Waals surface area contributed by atoms with Crippen molar-refractivity contribution in [3.8, 4) is 0 Å². The summed E-state index contributed by atoms with van der Waals surface area (Å²) in [6, 6.07) is 0. The van der Waals surface area contributed by atoms with Gasteiger partial charge in [-0.25, -0.2) is 0 Å². The number of methoxy groups -OCH3 is 1. The maximum absolute atomic E-state index is 5.44. The van der Waals surface area contributed by atoms with Gasteiger partial charge in [-0.3, -0.25) is 0 Å². The summed E-state index contributed by atoms with van der Waals surface area (Å²) in [5, 5.41) is 0. The highest BCUT2D eigenvalue weighted by molar-refractivity contribution is 6.21. The fourth-order valence-electron chi connectivity index (χ4n) is 0.335. The monoisotopic (exact) mass is 110 g/mol. The van der Waals surface area contributed by atoms with Gasteiger partial charge in [-0.1, -0.05) is 13.0 Å². The summed E-state index contributed by atoms with van der Waals surface area (Å²) in [6.45, 7) is 2.64. The molecule has 0 aromatic rings. The molecule has 0 N–H and O–H groups in total. The number of hydrogen-bond donors (Lipinski definition) is 0. The lowest BCUT2D eigenvalue weighted by Crippen LogP contribution is -1.85. The molecule has 0 rings (SSSR count). The van der Waals surface area contributed by atoms with Gasteiger partial charge in [0.25, 0.3) is 0 Å². The highest BCUT2D eigenvalue weighted by Crippen LogP contribution is 1.91. The minimum atomic E-state index is 0.625. The van der Waals surface area contributed by atoms with Crippen LogP contribution in [-0.2, 0) is 4.74 Å². The Hall–Kier alpha value is -0.235. The molecule has 0 saturated carbocycles. The van der Waals surface area contributed by atoms with E-state index < -0.39 is 0 Å². The molecule has 0 saturated heterocycles. The van der Waals surface area contributed by atoms with Gasteiger partial charge in [0.05, 0.1) is 6.61 Å². The zero-order valence-electron chi connectivity index (χ0n) is 5.48. The van der Waals surface area contributed by atoms with Gasteiger partial charge in [-0.15, -0.1) is 5.47 Å². The van der Waals surface area contributed by atoms with Crippen molar-refractivity contribution in [1.29, 1.82) is 0 Å². The average Bonchev–Trinajstić information content (AvgIpc) is 1.83. The first-order chi connectivity index (χ1) is 3.81. The van der Waals surface area contributed by atoms with Gasteiger partial charge in [0.2, 0.25) is 0 Å². The quantitative estimate of drug-likeness (QED) is 0.494. The molecule has 2 heteroatoms. The van der Waals surface area contributed by atoms with E-state index in [1.165, 1.54) is 0 Å². The molecule has 0 aromatic heterocycles. The third kappa shape index (κ3) is 3.94. The maximum Gasteiger partial charge on any atom is 0.107 e. The molecule has 8 heavy (non-hydrogen) atoms. The second-order valence-corrected chi connectivity index (χ2v) is 1.59. The molecule has 0 amide bonds. The van der Waals surface area contributed by atoms with Crippen LogP contribution >= 0.6 is 0 Å². The molecule has 0 aliphatic carbocycles. The Balaban J connectivity index is 3.26. The lowest BCUT2D eigenvalue weighted by Gasteiger charge is -1.92. The van der Waals surface area contributed by atoms with E-state index in [4.69, 9.17) is 12.6 Å². The Bertz CT molecular complexity index is 78.6. The Morgan fingerprint density at radius 3 is 2.75 bits per heavy atom. The van der Waals surface area contributed by atoms with Crippen LogP contribution in [0.2, 0.25) is 0 Å². The van der Waals surface area contributed by atoms with Crippen molar-refractivity contribution in [2.75, 3.05) is 13.7 Å². The summed E-state index contributed by atoms with van der Waals surface area (Å²) in [4.78, 5) is 0. The van der Waals surface area contributed by atoms with Gasteiger partial charge in [-0.05, 0) is 6.42 Å². The summed E-state index contributed by atoms with van der Waals surface area (Å²) < 4.78 is 4.76. The number of allylic oxidation sites excluding steroid dienone is 1. The maximum atomic E-state index is 5.44. The second kappa shape index (κ2) is 4.91. The number of ether oxygens (including phenoxy) is 1. The van der Waals surface area contributed by atoms with Crippen molar-refractivity contribution in [1.82, 2.24) is 0 Å². The third-order valence-electron chi connectivity index (χ3n) is 0.920. The molecule has 0 spiro atoms. The van der Waals surface area contributed by atoms with Crippen LogP contribution in [0, 0.1) is 0 Å². The molecule has 44 valence electrons. The van der Waals surface area contributed by atoms with Crippen LogP contribution in [0.1, 0.15) is 13.3 Å². The third-order valence-corrected chi connectivity index (χ3v) is 0.920. The van der Waals surface area contributed by atoms with Crippen molar-refractivity contribution in [3.63, 3.8) is 0 Å². The highest BCUT2D eigenvalue weighted by atomic mass is 16.5. The van der Waals surface area contributed by atoms with Crippen molar-refractivity contribution in [2.24, 2.45) is 0 Å². The summed E-state index contributed by atoms with van der Waals surface area (Å²) in [5.41, 5.74) is 0.895. The van der Waals surface area contributed by atoms with Crippen LogP contribution in [-0.4, -0.2) is 21.6 Å². The summed E-state index contributed by atoms with van der Waals surface area (Å²) in [6.07, 6.45) is 2.78. The predicted molar refractivity (Wildman–Crippen MR) is 36.0 cm³/mol. The molecule has 2 radical (unpaired) electrons. The molecule has 0 heterocycles. The van der Waals surface area contributed by atoms with Crippen LogP contribution < -0.4 is 0 Å². The highest BCUT2D eigenvalue weighted by Gasteiger charge is 1.79. The summed E-state index contributed by atoms with van der Waals surface area (Å²) in [7, 11) is 7.09. The van der Waals surface area contributed by atoms with E-state index in [2.05, 4.69) is 0 Å². The standard InChI is InChI=1S/C6H11BO/c1-3-6(7)4-5-8-2/h4H,3,5H2,1-2H3/b6-4+. The van der Waals surface area contributed by atoms with Gasteiger partial charge in [0, 0.05) is 7.11 Å². The lowest BCUT2D eigenvalue weighted by atomic mass is 9.93. The van der Waals surface area contributed by atoms with Crippen molar-refractivity contribution >= 4 is 7.85 Å². The summed E-state index contributed by atoms with van der Waals surface area (Å²) >= 11 is 0. The van der Waals surface area contributed by atoms with Crippen molar-refractivity contribution < 1.29 is 4.74 Å². The second-order valence-electron chi connectivity index (χ2n) is 1.59. The molecule has 0 fully saturated rings. The zero-order chi connectivity index (χ0) is 6.41. The van der Waals surface area contributed by atoms with Gasteiger partial charge in [0.15, 0.2) is 0 Å². The normalized spacial score (nSPS) is 12.0. The van der Waals surface area contributed by atoms with E-state index in [1.54, 1.807) is 7.11 Å². The van der Waals surface area contributed by atoms with Gasteiger partial charge >= 0.3 is 0 Å². The van der Waals surface area contributed by atoms with E-state index >= 15 is 0 Å². The molecule has 0 bridgehead atoms. The van der Waals surface area contributed by atoms with Gasteiger partial charge in [-0.2, -0.15) is 0 Å². The van der Waals surface area contributed by atoms with E-state index in [-0.39, 0.29) is 0 Å². The molecule has 0 aromatic carbocycles. The van der Waals surface area contributed by atoms with Gasteiger partial charge in [0.1, 0.15) is 7.85 Å². The summed E-state index contributed by atoms with van der Waals surface area (Å²) in [5.74, 6) is 0. The Morgan fingerprint density at radius 1 is 1.75 bits per heavy atom. The fourth-order valence-corrected chi connectivity index (χ4v) is 0.335. The number of rotatable bonds is 3. The zero-order valence-corrected chi connectivity index (χ0v) is 5.48. The molecule has 0 aliphatic rings. The van der Waals surface area contributed by atoms with Crippen LogP contribution in [0.25, 0.3) is 0 Å². The Kier molecular flexibility index (Phi) is 4.77. The molecule has 0 unspecified atom stereocenters. The fraction of sp³-hybridized carbons (Fsp3) is 0.667. The lowest BCUT2D eigenvalue weighted by molar-refractivity contribution is 0.233. The smallest absolute Gasteiger partial charge is 0.107 e. The number of hydrogen-bond acceptors (Lipinski definition) is 1. The minimum absolute atomic E-state index is 0.625. The van der Waals surface area contributed by atoms with E-state index in [9.17, 15) is 0 Å². The SMILES string of the molecule is [B]/C(=C/COC)CC. The first kappa shape index (κ1) is 7.76.